The van der Waals surface area contributed by atoms with Gasteiger partial charge in [-0.05, 0) is 31.5 Å². The number of carbonyl (C=O) groups excluding carboxylic acids is 1. The van der Waals surface area contributed by atoms with Crippen molar-refractivity contribution >= 4 is 39.7 Å². The lowest BCUT2D eigenvalue weighted by atomic mass is 10.2. The summed E-state index contributed by atoms with van der Waals surface area (Å²) in [7, 11) is -1.95. The van der Waals surface area contributed by atoms with Gasteiger partial charge in [-0.25, -0.2) is 13.4 Å². The predicted octanol–water partition coefficient (Wildman–Crippen LogP) is 1.98. The van der Waals surface area contributed by atoms with E-state index in [1.54, 1.807) is 36.7 Å². The van der Waals surface area contributed by atoms with Crippen LogP contribution < -0.4 is 11.1 Å². The fourth-order valence-electron chi connectivity index (χ4n) is 2.00. The largest absolute Gasteiger partial charge is 0.347 e. The van der Waals surface area contributed by atoms with Gasteiger partial charge in [0.05, 0.1) is 4.90 Å². The lowest BCUT2D eigenvalue weighted by Crippen LogP contribution is -2.33. The van der Waals surface area contributed by atoms with Crippen molar-refractivity contribution in [3.63, 3.8) is 0 Å². The van der Waals surface area contributed by atoms with E-state index >= 15 is 0 Å². The van der Waals surface area contributed by atoms with Gasteiger partial charge in [0, 0.05) is 31.6 Å². The molecule has 26 heavy (non-hydrogen) atoms. The molecule has 0 atom stereocenters. The number of amides is 1. The molecule has 144 valence electrons. The number of nitrogens with two attached hydrogens (primary N) is 1. The topological polar surface area (TPSA) is 105 Å². The number of carbonyl (C=O) groups is 1. The van der Waals surface area contributed by atoms with E-state index in [9.17, 15) is 13.2 Å². The summed E-state index contributed by atoms with van der Waals surface area (Å²) < 4.78 is 26.1. The van der Waals surface area contributed by atoms with E-state index < -0.39 is 10.0 Å². The first-order chi connectivity index (χ1) is 11.8. The standard InChI is InChI=1S/C16H22N4O3S2.ClH/c1-11(2)20(3)25(22,23)13-6-4-12(5-7-13)9-18-16(21)14-10-24-15(8-17)19-14;/h4-7,10-11H,8-9,17H2,1-3H3,(H,18,21);1H. The number of benzene rings is 1. The van der Waals surface area contributed by atoms with Crippen molar-refractivity contribution in [2.75, 3.05) is 7.05 Å². The van der Waals surface area contributed by atoms with Gasteiger partial charge in [-0.2, -0.15) is 4.31 Å². The van der Waals surface area contributed by atoms with E-state index in [-0.39, 0.29) is 35.8 Å². The van der Waals surface area contributed by atoms with Crippen LogP contribution in [0.4, 0.5) is 0 Å². The normalized spacial score (nSPS) is 11.5. The molecule has 0 bridgehead atoms. The minimum atomic E-state index is -3.50. The molecule has 2 aromatic rings. The maximum Gasteiger partial charge on any atom is 0.271 e. The highest BCUT2D eigenvalue weighted by molar-refractivity contribution is 7.89. The van der Waals surface area contributed by atoms with Crippen LogP contribution in [0.25, 0.3) is 0 Å². The SMILES string of the molecule is CC(C)N(C)S(=O)(=O)c1ccc(CNC(=O)c2csc(CN)n2)cc1.Cl. The number of thiazole rings is 1. The van der Waals surface area contributed by atoms with Crippen LogP contribution in [0, 0.1) is 0 Å². The number of hydrogen-bond donors (Lipinski definition) is 2. The molecule has 0 aliphatic rings. The van der Waals surface area contributed by atoms with E-state index in [0.717, 1.165) is 5.56 Å². The van der Waals surface area contributed by atoms with Crippen molar-refractivity contribution in [2.45, 2.75) is 37.9 Å². The zero-order valence-electron chi connectivity index (χ0n) is 14.8. The van der Waals surface area contributed by atoms with Gasteiger partial charge < -0.3 is 11.1 Å². The molecule has 1 aromatic carbocycles. The second kappa shape index (κ2) is 9.43. The van der Waals surface area contributed by atoms with Gasteiger partial charge in [-0.3, -0.25) is 4.79 Å². The smallest absolute Gasteiger partial charge is 0.271 e. The highest BCUT2D eigenvalue weighted by Gasteiger charge is 2.22. The third kappa shape index (κ3) is 5.24. The Labute approximate surface area is 164 Å². The molecule has 1 heterocycles. The van der Waals surface area contributed by atoms with Crippen molar-refractivity contribution in [1.82, 2.24) is 14.6 Å². The highest BCUT2D eigenvalue weighted by atomic mass is 35.5. The summed E-state index contributed by atoms with van der Waals surface area (Å²) in [6.45, 7) is 4.22. The monoisotopic (exact) mass is 418 g/mol. The summed E-state index contributed by atoms with van der Waals surface area (Å²) in [6.07, 6.45) is 0. The Morgan fingerprint density at radius 3 is 2.42 bits per heavy atom. The molecule has 0 radical (unpaired) electrons. The van der Waals surface area contributed by atoms with E-state index in [4.69, 9.17) is 5.73 Å². The first-order valence-corrected chi connectivity index (χ1v) is 10.1. The molecular formula is C16H23ClN4O3S2. The zero-order valence-corrected chi connectivity index (χ0v) is 17.2. The maximum atomic E-state index is 12.4. The van der Waals surface area contributed by atoms with Crippen molar-refractivity contribution in [3.8, 4) is 0 Å². The second-order valence-corrected chi connectivity index (χ2v) is 8.71. The molecule has 1 aromatic heterocycles. The molecule has 7 nitrogen and oxygen atoms in total. The Balaban J connectivity index is 0.00000338. The second-order valence-electron chi connectivity index (χ2n) is 5.77. The van der Waals surface area contributed by atoms with Gasteiger partial charge in [-0.1, -0.05) is 12.1 Å². The van der Waals surface area contributed by atoms with Crippen LogP contribution in [0.15, 0.2) is 34.5 Å². The average molecular weight is 419 g/mol. The summed E-state index contributed by atoms with van der Waals surface area (Å²) in [5, 5.41) is 5.12. The van der Waals surface area contributed by atoms with Gasteiger partial charge in [0.1, 0.15) is 10.7 Å². The number of aromatic nitrogens is 1. The van der Waals surface area contributed by atoms with Crippen LogP contribution in [0.1, 0.15) is 34.9 Å². The van der Waals surface area contributed by atoms with Gasteiger partial charge in [0.15, 0.2) is 0 Å². The summed E-state index contributed by atoms with van der Waals surface area (Å²) in [5.74, 6) is -0.285. The van der Waals surface area contributed by atoms with Crippen molar-refractivity contribution in [1.29, 1.82) is 0 Å². The van der Waals surface area contributed by atoms with E-state index in [1.165, 1.54) is 15.6 Å². The Hall–Kier alpha value is -1.52. The van der Waals surface area contributed by atoms with Crippen LogP contribution in [-0.2, 0) is 23.1 Å². The number of nitrogens with one attached hydrogen (secondary N) is 1. The Morgan fingerprint density at radius 1 is 1.31 bits per heavy atom. The molecule has 0 aliphatic carbocycles. The van der Waals surface area contributed by atoms with Gasteiger partial charge >= 0.3 is 0 Å². The average Bonchev–Trinajstić information content (AvgIpc) is 3.08. The van der Waals surface area contributed by atoms with Crippen LogP contribution in [0.2, 0.25) is 0 Å². The predicted molar refractivity (Wildman–Crippen MR) is 105 cm³/mol. The third-order valence-corrected chi connectivity index (χ3v) is 6.66. The van der Waals surface area contributed by atoms with E-state index in [1.807, 2.05) is 13.8 Å². The van der Waals surface area contributed by atoms with Gasteiger partial charge in [0.2, 0.25) is 10.0 Å². The fourth-order valence-corrected chi connectivity index (χ4v) is 4.03. The highest BCUT2D eigenvalue weighted by Crippen LogP contribution is 2.17. The maximum absolute atomic E-state index is 12.4. The van der Waals surface area contributed by atoms with Crippen LogP contribution >= 0.6 is 23.7 Å². The number of halogens is 1. The summed E-state index contributed by atoms with van der Waals surface area (Å²) >= 11 is 1.34. The van der Waals surface area contributed by atoms with E-state index in [2.05, 4.69) is 10.3 Å². The Bertz CT molecular complexity index is 835. The first-order valence-electron chi connectivity index (χ1n) is 7.75. The van der Waals surface area contributed by atoms with Crippen LogP contribution in [0.3, 0.4) is 0 Å². The molecule has 0 spiro atoms. The molecular weight excluding hydrogens is 396 g/mol. The van der Waals surface area contributed by atoms with Crippen molar-refractivity contribution in [2.24, 2.45) is 5.73 Å². The quantitative estimate of drug-likeness (QED) is 0.715. The Kier molecular flexibility index (Phi) is 8.16. The summed E-state index contributed by atoms with van der Waals surface area (Å²) in [4.78, 5) is 16.4. The van der Waals surface area contributed by atoms with Crippen molar-refractivity contribution < 1.29 is 13.2 Å². The molecule has 0 aliphatic heterocycles. The zero-order chi connectivity index (χ0) is 18.6. The molecule has 10 heteroatoms. The minimum absolute atomic E-state index is 0. The van der Waals surface area contributed by atoms with Crippen LogP contribution in [-0.4, -0.2) is 36.7 Å². The summed E-state index contributed by atoms with van der Waals surface area (Å²) in [5.41, 5.74) is 6.62. The molecule has 3 N–H and O–H groups in total. The van der Waals surface area contributed by atoms with E-state index in [0.29, 0.717) is 17.2 Å². The molecule has 0 unspecified atom stereocenters. The first kappa shape index (κ1) is 22.5. The number of rotatable bonds is 7. The number of hydrogen-bond acceptors (Lipinski definition) is 6. The number of nitrogens with zero attached hydrogens (tertiary/aromatic N) is 2. The number of sulfonamides is 1. The third-order valence-electron chi connectivity index (χ3n) is 3.74. The Morgan fingerprint density at radius 2 is 1.92 bits per heavy atom. The minimum Gasteiger partial charge on any atom is -0.347 e. The lowest BCUT2D eigenvalue weighted by molar-refractivity contribution is 0.0946. The summed E-state index contributed by atoms with van der Waals surface area (Å²) in [6, 6.07) is 6.35. The fraction of sp³-hybridized carbons (Fsp3) is 0.375. The molecule has 0 saturated carbocycles. The lowest BCUT2D eigenvalue weighted by Gasteiger charge is -2.21. The molecule has 0 fully saturated rings. The molecule has 2 rings (SSSR count). The van der Waals surface area contributed by atoms with Gasteiger partial charge in [-0.15, -0.1) is 23.7 Å². The van der Waals surface area contributed by atoms with Crippen molar-refractivity contribution in [3.05, 3.63) is 45.9 Å². The molecule has 0 saturated heterocycles. The van der Waals surface area contributed by atoms with Crippen LogP contribution in [0.5, 0.6) is 0 Å². The molecule has 1 amide bonds. The van der Waals surface area contributed by atoms with Gasteiger partial charge in [0.25, 0.3) is 5.91 Å².